The second kappa shape index (κ2) is 7.47. The van der Waals surface area contributed by atoms with Gasteiger partial charge in [0.05, 0.1) is 24.5 Å². The highest BCUT2D eigenvalue weighted by Gasteiger charge is 2.28. The van der Waals surface area contributed by atoms with E-state index >= 15 is 0 Å². The summed E-state index contributed by atoms with van der Waals surface area (Å²) in [7, 11) is 0. The molecule has 0 unspecified atom stereocenters. The lowest BCUT2D eigenvalue weighted by molar-refractivity contribution is -0.135. The summed E-state index contributed by atoms with van der Waals surface area (Å²) in [5, 5.41) is 0.701. The Hall–Kier alpha value is -2.38. The summed E-state index contributed by atoms with van der Waals surface area (Å²) in [6, 6.07) is 11.3. The van der Waals surface area contributed by atoms with Gasteiger partial charge >= 0.3 is 0 Å². The number of pyridine rings is 1. The van der Waals surface area contributed by atoms with Gasteiger partial charge in [-0.3, -0.25) is 9.59 Å². The van der Waals surface area contributed by atoms with Crippen LogP contribution in [0.15, 0.2) is 52.5 Å². The van der Waals surface area contributed by atoms with Crippen molar-refractivity contribution in [3.63, 3.8) is 0 Å². The Kier molecular flexibility index (Phi) is 4.90. The first-order chi connectivity index (χ1) is 12.7. The van der Waals surface area contributed by atoms with Crippen molar-refractivity contribution in [2.75, 3.05) is 37.7 Å². The fourth-order valence-electron chi connectivity index (χ4n) is 3.16. The molecule has 6 nitrogen and oxygen atoms in total. The number of nitrogens with zero attached hydrogens (tertiary/aromatic N) is 3. The van der Waals surface area contributed by atoms with E-state index in [1.165, 1.54) is 11.8 Å². The summed E-state index contributed by atoms with van der Waals surface area (Å²) in [6.07, 6.45) is 1.99. The summed E-state index contributed by atoms with van der Waals surface area (Å²) in [6.45, 7) is 2.73. The van der Waals surface area contributed by atoms with Crippen molar-refractivity contribution in [1.82, 2.24) is 9.88 Å². The lowest BCUT2D eigenvalue weighted by atomic mass is 10.2. The molecule has 1 saturated heterocycles. The van der Waals surface area contributed by atoms with Crippen LogP contribution in [-0.4, -0.2) is 54.5 Å². The molecule has 0 atom stereocenters. The van der Waals surface area contributed by atoms with E-state index in [-0.39, 0.29) is 11.8 Å². The molecule has 134 valence electrons. The van der Waals surface area contributed by atoms with Gasteiger partial charge in [0.1, 0.15) is 5.03 Å². The lowest BCUT2D eigenvalue weighted by Crippen LogP contribution is -2.42. The van der Waals surface area contributed by atoms with E-state index in [0.717, 1.165) is 10.6 Å². The van der Waals surface area contributed by atoms with Gasteiger partial charge in [0.2, 0.25) is 5.91 Å². The van der Waals surface area contributed by atoms with Crippen LogP contribution in [-0.2, 0) is 9.53 Å². The van der Waals surface area contributed by atoms with E-state index in [2.05, 4.69) is 4.98 Å². The molecule has 7 heteroatoms. The van der Waals surface area contributed by atoms with Crippen LogP contribution in [0.5, 0.6) is 0 Å². The number of carbonyl (C=O) groups excluding carboxylic acids is 2. The third kappa shape index (κ3) is 3.32. The highest BCUT2D eigenvalue weighted by molar-refractivity contribution is 7.99. The van der Waals surface area contributed by atoms with E-state index in [4.69, 9.17) is 4.74 Å². The molecule has 2 aliphatic rings. The molecule has 2 aromatic rings. The zero-order valence-corrected chi connectivity index (χ0v) is 15.1. The highest BCUT2D eigenvalue weighted by atomic mass is 32.2. The van der Waals surface area contributed by atoms with Crippen molar-refractivity contribution in [3.8, 4) is 0 Å². The van der Waals surface area contributed by atoms with E-state index in [9.17, 15) is 9.59 Å². The summed E-state index contributed by atoms with van der Waals surface area (Å²) in [5.74, 6) is -0.0535. The molecule has 0 N–H and O–H groups in total. The van der Waals surface area contributed by atoms with Crippen LogP contribution in [0, 0.1) is 0 Å². The number of amides is 2. The fraction of sp³-hybridized carbons (Fsp3) is 0.316. The molecule has 1 aromatic carbocycles. The Morgan fingerprint density at radius 2 is 1.96 bits per heavy atom. The lowest BCUT2D eigenvalue weighted by Gasteiger charge is -2.28. The second-order valence-corrected chi connectivity index (χ2v) is 7.16. The van der Waals surface area contributed by atoms with Crippen LogP contribution in [0.3, 0.4) is 0 Å². The molecule has 0 saturated carbocycles. The van der Waals surface area contributed by atoms with E-state index < -0.39 is 0 Å². The summed E-state index contributed by atoms with van der Waals surface area (Å²) >= 11 is 1.49. The van der Waals surface area contributed by atoms with Crippen molar-refractivity contribution in [2.24, 2.45) is 0 Å². The molecule has 4 rings (SSSR count). The Labute approximate surface area is 156 Å². The van der Waals surface area contributed by atoms with E-state index in [1.54, 1.807) is 23.2 Å². The predicted molar refractivity (Wildman–Crippen MR) is 98.5 cm³/mol. The molecule has 1 aromatic heterocycles. The number of hydrogen-bond acceptors (Lipinski definition) is 5. The second-order valence-electron chi connectivity index (χ2n) is 6.13. The monoisotopic (exact) mass is 369 g/mol. The average Bonchev–Trinajstić information content (AvgIpc) is 2.81. The summed E-state index contributed by atoms with van der Waals surface area (Å²) in [4.78, 5) is 34.5. The van der Waals surface area contributed by atoms with Crippen molar-refractivity contribution < 1.29 is 14.3 Å². The summed E-state index contributed by atoms with van der Waals surface area (Å²) in [5.41, 5.74) is 1.41. The third-order valence-electron chi connectivity index (χ3n) is 4.52. The van der Waals surface area contributed by atoms with Gasteiger partial charge in [-0.15, -0.1) is 0 Å². The number of benzene rings is 1. The number of morpholine rings is 1. The molecule has 0 radical (unpaired) electrons. The molecule has 2 aliphatic heterocycles. The van der Waals surface area contributed by atoms with Gasteiger partial charge < -0.3 is 14.5 Å². The van der Waals surface area contributed by atoms with Crippen LogP contribution >= 0.6 is 11.8 Å². The van der Waals surface area contributed by atoms with E-state index in [1.807, 2.05) is 29.2 Å². The smallest absolute Gasteiger partial charge is 0.261 e. The number of fused-ring (bicyclic) bond motifs is 2. The minimum Gasteiger partial charge on any atom is -0.378 e. The molecule has 0 bridgehead atoms. The Bertz CT molecular complexity index is 836. The number of hydrogen-bond donors (Lipinski definition) is 0. The van der Waals surface area contributed by atoms with Gasteiger partial charge in [0.15, 0.2) is 0 Å². The number of ether oxygens (including phenoxy) is 1. The van der Waals surface area contributed by atoms with Crippen LogP contribution in [0.1, 0.15) is 16.8 Å². The van der Waals surface area contributed by atoms with Gasteiger partial charge in [-0.05, 0) is 24.3 Å². The van der Waals surface area contributed by atoms with Crippen LogP contribution in [0.25, 0.3) is 0 Å². The number of para-hydroxylation sites is 1. The van der Waals surface area contributed by atoms with Gasteiger partial charge in [-0.25, -0.2) is 4.98 Å². The molecule has 2 amide bonds. The van der Waals surface area contributed by atoms with Gasteiger partial charge in [0.25, 0.3) is 5.91 Å². The number of rotatable bonds is 3. The maximum Gasteiger partial charge on any atom is 0.261 e. The molecular weight excluding hydrogens is 350 g/mol. The van der Waals surface area contributed by atoms with Crippen LogP contribution in [0.4, 0.5) is 5.69 Å². The van der Waals surface area contributed by atoms with E-state index in [0.29, 0.717) is 49.9 Å². The molecular formula is C19H19N3O3S. The molecule has 3 heterocycles. The minimum atomic E-state index is -0.111. The van der Waals surface area contributed by atoms with Crippen molar-refractivity contribution in [2.45, 2.75) is 16.3 Å². The Morgan fingerprint density at radius 3 is 2.81 bits per heavy atom. The van der Waals surface area contributed by atoms with Crippen molar-refractivity contribution in [1.29, 1.82) is 0 Å². The minimum absolute atomic E-state index is 0.0573. The maximum atomic E-state index is 13.1. The van der Waals surface area contributed by atoms with Crippen molar-refractivity contribution >= 4 is 29.3 Å². The van der Waals surface area contributed by atoms with Gasteiger partial charge in [-0.2, -0.15) is 0 Å². The normalized spacial score (nSPS) is 16.7. The van der Waals surface area contributed by atoms with Crippen LogP contribution < -0.4 is 4.90 Å². The average molecular weight is 369 g/mol. The Balaban J connectivity index is 1.59. The van der Waals surface area contributed by atoms with Crippen molar-refractivity contribution in [3.05, 3.63) is 48.2 Å². The topological polar surface area (TPSA) is 62.7 Å². The zero-order chi connectivity index (χ0) is 17.9. The first-order valence-corrected chi connectivity index (χ1v) is 9.45. The number of carbonyl (C=O) groups is 2. The highest BCUT2D eigenvalue weighted by Crippen LogP contribution is 2.40. The van der Waals surface area contributed by atoms with Crippen LogP contribution in [0.2, 0.25) is 0 Å². The Morgan fingerprint density at radius 1 is 1.15 bits per heavy atom. The first-order valence-electron chi connectivity index (χ1n) is 8.63. The third-order valence-corrected chi connectivity index (χ3v) is 5.61. The summed E-state index contributed by atoms with van der Waals surface area (Å²) < 4.78 is 5.30. The fourth-order valence-corrected chi connectivity index (χ4v) is 4.18. The van der Waals surface area contributed by atoms with Gasteiger partial charge in [-0.1, -0.05) is 23.9 Å². The molecule has 0 aliphatic carbocycles. The number of anilines is 1. The first kappa shape index (κ1) is 17.1. The predicted octanol–water partition coefficient (Wildman–Crippen LogP) is 2.44. The van der Waals surface area contributed by atoms with Gasteiger partial charge in [0, 0.05) is 37.1 Å². The molecule has 26 heavy (non-hydrogen) atoms. The quantitative estimate of drug-likeness (QED) is 0.832. The zero-order valence-electron chi connectivity index (χ0n) is 14.3. The largest absolute Gasteiger partial charge is 0.378 e. The molecule has 1 fully saturated rings. The number of aromatic nitrogens is 1. The standard InChI is InChI=1S/C19H19N3O3S/c23-17(21-10-12-25-13-11-21)7-9-22-15-5-1-2-6-16(15)26-18-14(19(22)24)4-3-8-20-18/h1-6,8H,7,9-13H2. The maximum absolute atomic E-state index is 13.1. The SMILES string of the molecule is O=C(CCN1C(=O)c2cccnc2Sc2ccccc21)N1CCOCC1. The molecule has 0 spiro atoms.